The first kappa shape index (κ1) is 20.1. The summed E-state index contributed by atoms with van der Waals surface area (Å²) in [5, 5.41) is 0.544. The fraction of sp³-hybridized carbons (Fsp3) is 0.556. The number of benzene rings is 1. The second-order valence-corrected chi connectivity index (χ2v) is 9.83. The van der Waals surface area contributed by atoms with Crippen LogP contribution in [0, 0.1) is 5.41 Å². The molecule has 2 fully saturated rings. The van der Waals surface area contributed by atoms with Gasteiger partial charge in [-0.3, -0.25) is 9.59 Å². The number of likely N-dealkylation sites (tertiary alicyclic amines) is 1. The van der Waals surface area contributed by atoms with Crippen molar-refractivity contribution in [2.45, 2.75) is 13.3 Å². The Hall–Kier alpha value is -1.64. The Bertz CT molecular complexity index is 843. The average molecular weight is 414 g/mol. The summed E-state index contributed by atoms with van der Waals surface area (Å²) in [4.78, 5) is 28.8. The summed E-state index contributed by atoms with van der Waals surface area (Å²) in [5.41, 5.74) is -0.0894. The third-order valence-corrected chi connectivity index (χ3v) is 6.79. The second kappa shape index (κ2) is 7.41. The van der Waals surface area contributed by atoms with E-state index in [4.69, 9.17) is 11.6 Å². The van der Waals surface area contributed by atoms with Crippen LogP contribution in [0.5, 0.6) is 0 Å². The van der Waals surface area contributed by atoms with Crippen molar-refractivity contribution in [1.82, 2.24) is 14.1 Å². The van der Waals surface area contributed by atoms with Crippen LogP contribution in [0.4, 0.5) is 0 Å². The minimum Gasteiger partial charge on any atom is -0.342 e. The topological polar surface area (TPSA) is 78.0 Å². The van der Waals surface area contributed by atoms with Crippen molar-refractivity contribution < 1.29 is 18.0 Å². The number of amides is 2. The number of rotatable bonds is 3. The van der Waals surface area contributed by atoms with Crippen LogP contribution in [0.25, 0.3) is 0 Å². The van der Waals surface area contributed by atoms with E-state index in [1.165, 1.54) is 10.6 Å². The summed E-state index contributed by atoms with van der Waals surface area (Å²) in [6.07, 6.45) is 1.42. The third kappa shape index (κ3) is 4.28. The monoisotopic (exact) mass is 413 g/mol. The SMILES string of the molecule is CCN1CC2(CC1=O)CN(C(=O)c1ccc(Cl)cc1)CCN(S(C)(=O)=O)C2. The first-order valence-corrected chi connectivity index (χ1v) is 11.1. The summed E-state index contributed by atoms with van der Waals surface area (Å²) < 4.78 is 25.8. The zero-order valence-corrected chi connectivity index (χ0v) is 17.1. The van der Waals surface area contributed by atoms with Crippen LogP contribution in [0.3, 0.4) is 0 Å². The van der Waals surface area contributed by atoms with Crippen molar-refractivity contribution in [1.29, 1.82) is 0 Å². The molecule has 148 valence electrons. The first-order valence-electron chi connectivity index (χ1n) is 8.91. The second-order valence-electron chi connectivity index (χ2n) is 7.41. The zero-order valence-electron chi connectivity index (χ0n) is 15.5. The van der Waals surface area contributed by atoms with Gasteiger partial charge >= 0.3 is 0 Å². The van der Waals surface area contributed by atoms with Gasteiger partial charge in [0, 0.05) is 61.7 Å². The Morgan fingerprint density at radius 3 is 2.37 bits per heavy atom. The van der Waals surface area contributed by atoms with Gasteiger partial charge in [-0.05, 0) is 31.2 Å². The molecule has 2 saturated heterocycles. The molecule has 1 spiro atoms. The molecule has 2 heterocycles. The summed E-state index contributed by atoms with van der Waals surface area (Å²) in [5.74, 6) is -0.171. The lowest BCUT2D eigenvalue weighted by atomic mass is 9.86. The molecule has 0 saturated carbocycles. The minimum absolute atomic E-state index is 0.00624. The lowest BCUT2D eigenvalue weighted by Crippen LogP contribution is -2.45. The zero-order chi connectivity index (χ0) is 19.8. The van der Waals surface area contributed by atoms with E-state index in [0.717, 1.165) is 0 Å². The smallest absolute Gasteiger partial charge is 0.253 e. The quantitative estimate of drug-likeness (QED) is 0.748. The fourth-order valence-electron chi connectivity index (χ4n) is 3.93. The van der Waals surface area contributed by atoms with Crippen LogP contribution in [-0.2, 0) is 14.8 Å². The number of hydrogen-bond donors (Lipinski definition) is 0. The number of halogens is 1. The van der Waals surface area contributed by atoms with Gasteiger partial charge in [0.2, 0.25) is 15.9 Å². The molecule has 27 heavy (non-hydrogen) atoms. The lowest BCUT2D eigenvalue weighted by Gasteiger charge is -2.33. The van der Waals surface area contributed by atoms with Crippen molar-refractivity contribution >= 4 is 33.4 Å². The molecular weight excluding hydrogens is 390 g/mol. The van der Waals surface area contributed by atoms with E-state index >= 15 is 0 Å². The molecule has 0 N–H and O–H groups in total. The van der Waals surface area contributed by atoms with Gasteiger partial charge in [0.1, 0.15) is 0 Å². The molecule has 9 heteroatoms. The van der Waals surface area contributed by atoms with E-state index in [1.54, 1.807) is 34.1 Å². The number of carbonyl (C=O) groups excluding carboxylic acids is 2. The van der Waals surface area contributed by atoms with E-state index in [2.05, 4.69) is 0 Å². The molecule has 3 rings (SSSR count). The molecule has 1 aromatic rings. The van der Waals surface area contributed by atoms with Crippen molar-refractivity contribution in [2.75, 3.05) is 45.5 Å². The van der Waals surface area contributed by atoms with E-state index in [-0.39, 0.29) is 37.9 Å². The van der Waals surface area contributed by atoms with E-state index < -0.39 is 15.4 Å². The highest BCUT2D eigenvalue weighted by atomic mass is 35.5. The Morgan fingerprint density at radius 2 is 1.81 bits per heavy atom. The van der Waals surface area contributed by atoms with E-state index in [1.807, 2.05) is 6.92 Å². The molecule has 0 bridgehead atoms. The van der Waals surface area contributed by atoms with Gasteiger partial charge in [-0.25, -0.2) is 8.42 Å². The maximum atomic E-state index is 13.0. The highest BCUT2D eigenvalue weighted by Crippen LogP contribution is 2.36. The Labute approximate surface area is 164 Å². The van der Waals surface area contributed by atoms with Crippen LogP contribution < -0.4 is 0 Å². The van der Waals surface area contributed by atoms with Crippen LogP contribution in [0.1, 0.15) is 23.7 Å². The maximum Gasteiger partial charge on any atom is 0.253 e. The van der Waals surface area contributed by atoms with Crippen molar-refractivity contribution in [3.05, 3.63) is 34.9 Å². The molecule has 0 radical (unpaired) electrons. The van der Waals surface area contributed by atoms with Gasteiger partial charge in [0.25, 0.3) is 5.91 Å². The van der Waals surface area contributed by atoms with Crippen LogP contribution in [-0.4, -0.2) is 79.9 Å². The lowest BCUT2D eigenvalue weighted by molar-refractivity contribution is -0.127. The van der Waals surface area contributed by atoms with Crippen molar-refractivity contribution in [3.63, 3.8) is 0 Å². The van der Waals surface area contributed by atoms with Gasteiger partial charge in [0.05, 0.1) is 6.26 Å². The summed E-state index contributed by atoms with van der Waals surface area (Å²) in [6.45, 7) is 4.04. The number of carbonyl (C=O) groups is 2. The van der Waals surface area contributed by atoms with Crippen molar-refractivity contribution in [2.24, 2.45) is 5.41 Å². The van der Waals surface area contributed by atoms with Gasteiger partial charge in [-0.15, -0.1) is 0 Å². The van der Waals surface area contributed by atoms with E-state index in [9.17, 15) is 18.0 Å². The standard InChI is InChI=1S/C18H24ClN3O4S/c1-3-20-11-18(10-16(20)23)12-21(8-9-22(13-18)27(2,25)26)17(24)14-4-6-15(19)7-5-14/h4-7H,3,8-13H2,1-2H3. The highest BCUT2D eigenvalue weighted by Gasteiger charge is 2.48. The number of hydrogen-bond acceptors (Lipinski definition) is 4. The Balaban J connectivity index is 1.91. The van der Waals surface area contributed by atoms with Gasteiger partial charge in [0.15, 0.2) is 0 Å². The minimum atomic E-state index is -3.43. The molecular formula is C18H24ClN3O4S. The van der Waals surface area contributed by atoms with Crippen LogP contribution >= 0.6 is 11.6 Å². The largest absolute Gasteiger partial charge is 0.342 e. The summed E-state index contributed by atoms with van der Waals surface area (Å²) >= 11 is 5.90. The predicted molar refractivity (Wildman–Crippen MR) is 103 cm³/mol. The predicted octanol–water partition coefficient (Wildman–Crippen LogP) is 1.30. The first-order chi connectivity index (χ1) is 12.6. The maximum absolute atomic E-state index is 13.0. The average Bonchev–Trinajstić information content (AvgIpc) is 2.79. The van der Waals surface area contributed by atoms with Crippen molar-refractivity contribution in [3.8, 4) is 0 Å². The molecule has 1 atom stereocenters. The number of sulfonamides is 1. The highest BCUT2D eigenvalue weighted by molar-refractivity contribution is 7.88. The van der Waals surface area contributed by atoms with Crippen LogP contribution in [0.2, 0.25) is 5.02 Å². The third-order valence-electron chi connectivity index (χ3n) is 5.29. The molecule has 0 aromatic heterocycles. The molecule has 7 nitrogen and oxygen atoms in total. The summed E-state index contributed by atoms with van der Waals surface area (Å²) in [6, 6.07) is 6.63. The van der Waals surface area contributed by atoms with Gasteiger partial charge in [-0.1, -0.05) is 11.6 Å². The normalized spacial score (nSPS) is 24.5. The van der Waals surface area contributed by atoms with Gasteiger partial charge < -0.3 is 9.80 Å². The molecule has 2 aliphatic heterocycles. The molecule has 2 amide bonds. The Morgan fingerprint density at radius 1 is 1.15 bits per heavy atom. The molecule has 1 aromatic carbocycles. The fourth-order valence-corrected chi connectivity index (χ4v) is 4.98. The molecule has 1 unspecified atom stereocenters. The summed E-state index contributed by atoms with van der Waals surface area (Å²) in [7, 11) is -3.43. The van der Waals surface area contributed by atoms with Crippen LogP contribution in [0.15, 0.2) is 24.3 Å². The van der Waals surface area contributed by atoms with Gasteiger partial charge in [-0.2, -0.15) is 4.31 Å². The molecule has 2 aliphatic rings. The van der Waals surface area contributed by atoms with E-state index in [0.29, 0.717) is 30.2 Å². The Kier molecular flexibility index (Phi) is 5.52. The molecule has 0 aliphatic carbocycles. The number of nitrogens with zero attached hydrogens (tertiary/aromatic N) is 3.